The SMILES string of the molecule is CC(C)(C)C1CN(CCF)CCN1. The number of halogens is 1. The fraction of sp³-hybridized carbons (Fsp3) is 1.00. The Bertz CT molecular complexity index is 151. The van der Waals surface area contributed by atoms with Gasteiger partial charge in [-0.3, -0.25) is 4.90 Å². The molecule has 0 aromatic heterocycles. The van der Waals surface area contributed by atoms with Crippen LogP contribution in [-0.2, 0) is 0 Å². The molecule has 0 aliphatic carbocycles. The van der Waals surface area contributed by atoms with Crippen molar-refractivity contribution in [2.45, 2.75) is 26.8 Å². The quantitative estimate of drug-likeness (QED) is 0.702. The van der Waals surface area contributed by atoms with E-state index in [1.807, 2.05) is 0 Å². The highest BCUT2D eigenvalue weighted by molar-refractivity contribution is 4.87. The molecule has 13 heavy (non-hydrogen) atoms. The Morgan fingerprint density at radius 3 is 2.69 bits per heavy atom. The van der Waals surface area contributed by atoms with Gasteiger partial charge in [-0.25, -0.2) is 4.39 Å². The second kappa shape index (κ2) is 4.38. The van der Waals surface area contributed by atoms with Crippen LogP contribution in [0.3, 0.4) is 0 Å². The lowest BCUT2D eigenvalue weighted by Gasteiger charge is -2.40. The van der Waals surface area contributed by atoms with Crippen molar-refractivity contribution in [1.29, 1.82) is 0 Å². The molecule has 0 amide bonds. The van der Waals surface area contributed by atoms with Crippen LogP contribution in [0.4, 0.5) is 4.39 Å². The summed E-state index contributed by atoms with van der Waals surface area (Å²) in [5.74, 6) is 0. The maximum atomic E-state index is 12.1. The minimum Gasteiger partial charge on any atom is -0.311 e. The molecule has 0 aromatic carbocycles. The fourth-order valence-electron chi connectivity index (χ4n) is 1.71. The van der Waals surface area contributed by atoms with Crippen molar-refractivity contribution in [3.05, 3.63) is 0 Å². The van der Waals surface area contributed by atoms with Crippen LogP contribution in [0.1, 0.15) is 20.8 Å². The van der Waals surface area contributed by atoms with Gasteiger partial charge in [-0.1, -0.05) is 20.8 Å². The minimum atomic E-state index is -0.225. The number of nitrogens with zero attached hydrogens (tertiary/aromatic N) is 1. The summed E-state index contributed by atoms with van der Waals surface area (Å²) < 4.78 is 12.1. The van der Waals surface area contributed by atoms with Crippen LogP contribution < -0.4 is 5.32 Å². The van der Waals surface area contributed by atoms with Gasteiger partial charge in [0, 0.05) is 32.2 Å². The first-order chi connectivity index (χ1) is 6.04. The molecule has 0 radical (unpaired) electrons. The molecule has 78 valence electrons. The second-order valence-electron chi connectivity index (χ2n) is 4.86. The molecule has 1 saturated heterocycles. The maximum Gasteiger partial charge on any atom is 0.102 e. The normalized spacial score (nSPS) is 26.3. The summed E-state index contributed by atoms with van der Waals surface area (Å²) in [5.41, 5.74) is 0.273. The van der Waals surface area contributed by atoms with Gasteiger partial charge in [0.05, 0.1) is 0 Å². The molecule has 1 rings (SSSR count). The van der Waals surface area contributed by atoms with Gasteiger partial charge in [-0.2, -0.15) is 0 Å². The smallest absolute Gasteiger partial charge is 0.102 e. The van der Waals surface area contributed by atoms with Gasteiger partial charge in [0.2, 0.25) is 0 Å². The number of nitrogens with one attached hydrogen (secondary N) is 1. The third-order valence-electron chi connectivity index (χ3n) is 2.71. The molecule has 1 fully saturated rings. The molecule has 1 heterocycles. The number of alkyl halides is 1. The van der Waals surface area contributed by atoms with E-state index in [0.717, 1.165) is 19.6 Å². The number of rotatable bonds is 2. The van der Waals surface area contributed by atoms with E-state index in [1.165, 1.54) is 0 Å². The van der Waals surface area contributed by atoms with Crippen LogP contribution in [-0.4, -0.2) is 43.8 Å². The van der Waals surface area contributed by atoms with Crippen molar-refractivity contribution in [3.63, 3.8) is 0 Å². The van der Waals surface area contributed by atoms with Crippen molar-refractivity contribution >= 4 is 0 Å². The zero-order chi connectivity index (χ0) is 9.90. The van der Waals surface area contributed by atoms with E-state index in [9.17, 15) is 4.39 Å². The molecule has 0 aromatic rings. The fourth-order valence-corrected chi connectivity index (χ4v) is 1.71. The van der Waals surface area contributed by atoms with Crippen LogP contribution in [0.15, 0.2) is 0 Å². The topological polar surface area (TPSA) is 15.3 Å². The minimum absolute atomic E-state index is 0.225. The zero-order valence-corrected chi connectivity index (χ0v) is 8.94. The molecule has 0 bridgehead atoms. The van der Waals surface area contributed by atoms with Gasteiger partial charge >= 0.3 is 0 Å². The number of hydrogen-bond acceptors (Lipinski definition) is 2. The molecule has 0 spiro atoms. The van der Waals surface area contributed by atoms with Gasteiger partial charge in [-0.15, -0.1) is 0 Å². The van der Waals surface area contributed by atoms with E-state index in [0.29, 0.717) is 12.6 Å². The first-order valence-electron chi connectivity index (χ1n) is 5.06. The van der Waals surface area contributed by atoms with Crippen molar-refractivity contribution < 1.29 is 4.39 Å². The molecule has 1 unspecified atom stereocenters. The Hall–Kier alpha value is -0.150. The van der Waals surface area contributed by atoms with E-state index < -0.39 is 0 Å². The number of hydrogen-bond donors (Lipinski definition) is 1. The van der Waals surface area contributed by atoms with Gasteiger partial charge in [0.1, 0.15) is 6.67 Å². The van der Waals surface area contributed by atoms with Gasteiger partial charge in [-0.05, 0) is 5.41 Å². The lowest BCUT2D eigenvalue weighted by molar-refractivity contribution is 0.128. The molecule has 0 saturated carbocycles. The summed E-state index contributed by atoms with van der Waals surface area (Å²) in [6, 6.07) is 0.493. The van der Waals surface area contributed by atoms with Crippen molar-refractivity contribution in [2.75, 3.05) is 32.9 Å². The zero-order valence-electron chi connectivity index (χ0n) is 8.94. The van der Waals surface area contributed by atoms with Crippen LogP contribution in [0, 0.1) is 5.41 Å². The summed E-state index contributed by atoms with van der Waals surface area (Å²) in [6.45, 7) is 9.99. The molecule has 1 aliphatic rings. The van der Waals surface area contributed by atoms with Crippen LogP contribution in [0.2, 0.25) is 0 Å². The Balaban J connectivity index is 2.42. The maximum absolute atomic E-state index is 12.1. The highest BCUT2D eigenvalue weighted by atomic mass is 19.1. The number of piperazine rings is 1. The highest BCUT2D eigenvalue weighted by Gasteiger charge is 2.28. The highest BCUT2D eigenvalue weighted by Crippen LogP contribution is 2.21. The first-order valence-corrected chi connectivity index (χ1v) is 5.06. The van der Waals surface area contributed by atoms with Gasteiger partial charge < -0.3 is 5.32 Å². The standard InChI is InChI=1S/C10H21FN2/c1-10(2,3)9-8-13(6-4-11)7-5-12-9/h9,12H,4-8H2,1-3H3. The largest absolute Gasteiger partial charge is 0.311 e. The summed E-state index contributed by atoms with van der Waals surface area (Å²) in [6.07, 6.45) is 0. The second-order valence-corrected chi connectivity index (χ2v) is 4.86. The van der Waals surface area contributed by atoms with Crippen LogP contribution in [0.25, 0.3) is 0 Å². The van der Waals surface area contributed by atoms with E-state index >= 15 is 0 Å². The van der Waals surface area contributed by atoms with Crippen LogP contribution >= 0.6 is 0 Å². The van der Waals surface area contributed by atoms with Crippen LogP contribution in [0.5, 0.6) is 0 Å². The molecule has 1 atom stereocenters. The lowest BCUT2D eigenvalue weighted by Crippen LogP contribution is -2.56. The predicted molar refractivity (Wildman–Crippen MR) is 53.7 cm³/mol. The third kappa shape index (κ3) is 3.24. The molecular weight excluding hydrogens is 167 g/mol. The van der Waals surface area contributed by atoms with Crippen molar-refractivity contribution in [2.24, 2.45) is 5.41 Å². The summed E-state index contributed by atoms with van der Waals surface area (Å²) in [7, 11) is 0. The summed E-state index contributed by atoms with van der Waals surface area (Å²) >= 11 is 0. The molecule has 2 nitrogen and oxygen atoms in total. The third-order valence-corrected chi connectivity index (χ3v) is 2.71. The Morgan fingerprint density at radius 1 is 1.46 bits per heavy atom. The first kappa shape index (κ1) is 10.9. The lowest BCUT2D eigenvalue weighted by atomic mass is 9.85. The van der Waals surface area contributed by atoms with Gasteiger partial charge in [0.25, 0.3) is 0 Å². The Labute approximate surface area is 80.5 Å². The van der Waals surface area contributed by atoms with E-state index in [-0.39, 0.29) is 12.1 Å². The molecular formula is C10H21FN2. The van der Waals surface area contributed by atoms with Crippen molar-refractivity contribution in [3.8, 4) is 0 Å². The predicted octanol–water partition coefficient (Wildman–Crippen LogP) is 1.28. The average Bonchev–Trinajstić information content (AvgIpc) is 2.04. The average molecular weight is 188 g/mol. The summed E-state index contributed by atoms with van der Waals surface area (Å²) in [5, 5.41) is 3.48. The molecule has 1 N–H and O–H groups in total. The van der Waals surface area contributed by atoms with Crippen molar-refractivity contribution in [1.82, 2.24) is 10.2 Å². The molecule has 1 aliphatic heterocycles. The van der Waals surface area contributed by atoms with E-state index in [2.05, 4.69) is 31.0 Å². The summed E-state index contributed by atoms with van der Waals surface area (Å²) in [4.78, 5) is 2.20. The van der Waals surface area contributed by atoms with E-state index in [4.69, 9.17) is 0 Å². The Kier molecular flexibility index (Phi) is 3.68. The van der Waals surface area contributed by atoms with E-state index in [1.54, 1.807) is 0 Å². The monoisotopic (exact) mass is 188 g/mol. The molecule has 3 heteroatoms. The Morgan fingerprint density at radius 2 is 2.15 bits per heavy atom. The van der Waals surface area contributed by atoms with Gasteiger partial charge in [0.15, 0.2) is 0 Å².